The summed E-state index contributed by atoms with van der Waals surface area (Å²) in [5.41, 5.74) is 1.03. The van der Waals surface area contributed by atoms with E-state index in [1.54, 1.807) is 18.2 Å². The van der Waals surface area contributed by atoms with E-state index >= 15 is 0 Å². The summed E-state index contributed by atoms with van der Waals surface area (Å²) in [5, 5.41) is 11.8. The largest absolute Gasteiger partial charge is 0.392 e. The number of alkyl halides is 1. The summed E-state index contributed by atoms with van der Waals surface area (Å²) >= 11 is 11.2. The lowest BCUT2D eigenvalue weighted by Crippen LogP contribution is -2.13. The lowest BCUT2D eigenvalue weighted by molar-refractivity contribution is -0.113. The Labute approximate surface area is 91.6 Å². The first-order chi connectivity index (χ1) is 6.69. The number of aliphatic hydroxyl groups excluding tert-OH is 1. The molecule has 0 aliphatic carbocycles. The molecule has 0 heterocycles. The molecule has 0 unspecified atom stereocenters. The molecule has 0 bridgehead atoms. The molecular weight excluding hydrogens is 225 g/mol. The van der Waals surface area contributed by atoms with Crippen LogP contribution < -0.4 is 5.32 Å². The average Bonchev–Trinajstić information content (AvgIpc) is 2.21. The number of nitrogens with one attached hydrogen (secondary N) is 1. The lowest BCUT2D eigenvalue weighted by Gasteiger charge is -2.08. The van der Waals surface area contributed by atoms with Crippen LogP contribution in [0.4, 0.5) is 5.69 Å². The molecule has 0 atom stereocenters. The minimum Gasteiger partial charge on any atom is -0.392 e. The van der Waals surface area contributed by atoms with Crippen LogP contribution >= 0.6 is 23.2 Å². The predicted molar refractivity (Wildman–Crippen MR) is 56.7 cm³/mol. The average molecular weight is 234 g/mol. The molecule has 1 amide bonds. The van der Waals surface area contributed by atoms with Gasteiger partial charge < -0.3 is 10.4 Å². The Bertz CT molecular complexity index is 342. The van der Waals surface area contributed by atoms with Crippen LogP contribution in [0.25, 0.3) is 0 Å². The van der Waals surface area contributed by atoms with E-state index in [0.29, 0.717) is 16.3 Å². The first kappa shape index (κ1) is 11.3. The highest BCUT2D eigenvalue weighted by molar-refractivity contribution is 6.35. The summed E-state index contributed by atoms with van der Waals surface area (Å²) in [6, 6.07) is 5.02. The zero-order chi connectivity index (χ0) is 10.6. The van der Waals surface area contributed by atoms with Gasteiger partial charge in [-0.15, -0.1) is 11.6 Å². The van der Waals surface area contributed by atoms with Crippen LogP contribution in [0.15, 0.2) is 18.2 Å². The van der Waals surface area contributed by atoms with Gasteiger partial charge in [-0.1, -0.05) is 23.7 Å². The standard InChI is InChI=1S/C9H9Cl2NO2/c10-4-8(14)12-7-3-1-2-6(5-13)9(7)11/h1-3,13H,4-5H2,(H,12,14). The SMILES string of the molecule is O=C(CCl)Nc1cccc(CO)c1Cl. The summed E-state index contributed by atoms with van der Waals surface area (Å²) in [5.74, 6) is -0.455. The van der Waals surface area contributed by atoms with Gasteiger partial charge in [0.2, 0.25) is 5.91 Å². The van der Waals surface area contributed by atoms with E-state index in [2.05, 4.69) is 5.32 Å². The molecule has 0 spiro atoms. The summed E-state index contributed by atoms with van der Waals surface area (Å²) in [6.07, 6.45) is 0. The van der Waals surface area contributed by atoms with E-state index in [4.69, 9.17) is 28.3 Å². The molecule has 0 radical (unpaired) electrons. The second-order valence-corrected chi connectivity index (χ2v) is 3.26. The molecule has 0 saturated carbocycles. The number of hydrogen-bond donors (Lipinski definition) is 2. The number of halogens is 2. The first-order valence-corrected chi connectivity index (χ1v) is 4.84. The Morgan fingerprint density at radius 2 is 2.21 bits per heavy atom. The van der Waals surface area contributed by atoms with E-state index in [9.17, 15) is 4.79 Å². The van der Waals surface area contributed by atoms with Crippen molar-refractivity contribution >= 4 is 34.8 Å². The molecule has 0 aromatic heterocycles. The molecule has 5 heteroatoms. The molecule has 14 heavy (non-hydrogen) atoms. The fourth-order valence-electron chi connectivity index (χ4n) is 0.982. The number of amides is 1. The third kappa shape index (κ3) is 2.61. The maximum Gasteiger partial charge on any atom is 0.239 e. The monoisotopic (exact) mass is 233 g/mol. The van der Waals surface area contributed by atoms with E-state index in [1.165, 1.54) is 0 Å². The van der Waals surface area contributed by atoms with Crippen LogP contribution in [0, 0.1) is 0 Å². The van der Waals surface area contributed by atoms with Gasteiger partial charge in [-0.3, -0.25) is 4.79 Å². The second-order valence-electron chi connectivity index (χ2n) is 2.62. The maximum absolute atomic E-state index is 11.0. The number of aliphatic hydroxyl groups is 1. The van der Waals surface area contributed by atoms with Crippen molar-refractivity contribution in [1.29, 1.82) is 0 Å². The van der Waals surface area contributed by atoms with Crippen molar-refractivity contribution in [1.82, 2.24) is 0 Å². The summed E-state index contributed by atoms with van der Waals surface area (Å²) in [4.78, 5) is 11.0. The molecule has 1 rings (SSSR count). The van der Waals surface area contributed by atoms with Gasteiger partial charge in [0.25, 0.3) is 0 Å². The van der Waals surface area contributed by atoms with Crippen LogP contribution in [-0.2, 0) is 11.4 Å². The Hall–Kier alpha value is -0.770. The highest BCUT2D eigenvalue weighted by Gasteiger charge is 2.07. The fourth-order valence-corrected chi connectivity index (χ4v) is 1.28. The van der Waals surface area contributed by atoms with Crippen LogP contribution in [0.5, 0.6) is 0 Å². The molecule has 3 nitrogen and oxygen atoms in total. The van der Waals surface area contributed by atoms with Gasteiger partial charge >= 0.3 is 0 Å². The van der Waals surface area contributed by atoms with Crippen molar-refractivity contribution in [2.45, 2.75) is 6.61 Å². The Morgan fingerprint density at radius 1 is 1.50 bits per heavy atom. The predicted octanol–water partition coefficient (Wildman–Crippen LogP) is 2.01. The maximum atomic E-state index is 11.0. The molecule has 0 aliphatic heterocycles. The van der Waals surface area contributed by atoms with E-state index in [1.807, 2.05) is 0 Å². The van der Waals surface area contributed by atoms with E-state index in [-0.39, 0.29) is 18.4 Å². The van der Waals surface area contributed by atoms with Gasteiger partial charge in [-0.2, -0.15) is 0 Å². The van der Waals surface area contributed by atoms with Crippen molar-refractivity contribution in [2.24, 2.45) is 0 Å². The highest BCUT2D eigenvalue weighted by Crippen LogP contribution is 2.25. The van der Waals surface area contributed by atoms with Crippen LogP contribution in [-0.4, -0.2) is 16.9 Å². The lowest BCUT2D eigenvalue weighted by atomic mass is 10.2. The van der Waals surface area contributed by atoms with Gasteiger partial charge in [-0.05, 0) is 11.6 Å². The van der Waals surface area contributed by atoms with Gasteiger partial charge in [0.15, 0.2) is 0 Å². The molecular formula is C9H9Cl2NO2. The Kier molecular flexibility index (Phi) is 4.20. The van der Waals surface area contributed by atoms with Crippen molar-refractivity contribution < 1.29 is 9.90 Å². The van der Waals surface area contributed by atoms with E-state index in [0.717, 1.165) is 0 Å². The van der Waals surface area contributed by atoms with E-state index < -0.39 is 0 Å². The zero-order valence-corrected chi connectivity index (χ0v) is 8.77. The Morgan fingerprint density at radius 3 is 2.79 bits per heavy atom. The summed E-state index contributed by atoms with van der Waals surface area (Å²) in [7, 11) is 0. The molecule has 0 aliphatic rings. The Balaban J connectivity index is 2.92. The smallest absolute Gasteiger partial charge is 0.239 e. The van der Waals surface area contributed by atoms with Gasteiger partial charge in [0.05, 0.1) is 17.3 Å². The minimum absolute atomic E-state index is 0.125. The van der Waals surface area contributed by atoms with Crippen molar-refractivity contribution in [3.63, 3.8) is 0 Å². The summed E-state index contributed by atoms with van der Waals surface area (Å²) < 4.78 is 0. The number of hydrogen-bond acceptors (Lipinski definition) is 2. The quantitative estimate of drug-likeness (QED) is 0.786. The minimum atomic E-state index is -0.330. The van der Waals surface area contributed by atoms with Gasteiger partial charge in [0, 0.05) is 0 Å². The molecule has 76 valence electrons. The molecule has 1 aromatic rings. The van der Waals surface area contributed by atoms with Gasteiger partial charge in [-0.25, -0.2) is 0 Å². The number of benzene rings is 1. The topological polar surface area (TPSA) is 49.3 Å². The zero-order valence-electron chi connectivity index (χ0n) is 7.26. The second kappa shape index (κ2) is 5.20. The van der Waals surface area contributed by atoms with Crippen LogP contribution in [0.3, 0.4) is 0 Å². The van der Waals surface area contributed by atoms with Crippen molar-refractivity contribution in [2.75, 3.05) is 11.2 Å². The fraction of sp³-hybridized carbons (Fsp3) is 0.222. The number of carbonyl (C=O) groups excluding carboxylic acids is 1. The van der Waals surface area contributed by atoms with Crippen LogP contribution in [0.1, 0.15) is 5.56 Å². The van der Waals surface area contributed by atoms with Crippen molar-refractivity contribution in [3.05, 3.63) is 28.8 Å². The first-order valence-electron chi connectivity index (χ1n) is 3.93. The normalized spacial score (nSPS) is 9.93. The molecule has 1 aromatic carbocycles. The third-order valence-electron chi connectivity index (χ3n) is 1.64. The number of anilines is 1. The molecule has 0 fully saturated rings. The highest BCUT2D eigenvalue weighted by atomic mass is 35.5. The number of carbonyl (C=O) groups is 1. The number of rotatable bonds is 3. The molecule has 0 saturated heterocycles. The summed E-state index contributed by atoms with van der Waals surface area (Å²) in [6.45, 7) is -0.163. The van der Waals surface area contributed by atoms with Crippen LogP contribution in [0.2, 0.25) is 5.02 Å². The third-order valence-corrected chi connectivity index (χ3v) is 2.33. The van der Waals surface area contributed by atoms with Gasteiger partial charge in [0.1, 0.15) is 5.88 Å². The van der Waals surface area contributed by atoms with Crippen molar-refractivity contribution in [3.8, 4) is 0 Å². The molecule has 2 N–H and O–H groups in total.